The smallest absolute Gasteiger partial charge is 0.163 e. The molecule has 0 fully saturated rings. The number of methoxy groups -OCH3 is 1. The van der Waals surface area contributed by atoms with Gasteiger partial charge >= 0.3 is 0 Å². The second-order valence-electron chi connectivity index (χ2n) is 9.30. The van der Waals surface area contributed by atoms with Crippen molar-refractivity contribution in [3.8, 4) is 11.5 Å². The van der Waals surface area contributed by atoms with Gasteiger partial charge in [-0.15, -0.1) is 0 Å². The molecule has 3 aromatic rings. The minimum atomic E-state index is -0.261. The van der Waals surface area contributed by atoms with E-state index in [1.165, 1.54) is 0 Å². The molecule has 0 bridgehead atoms. The van der Waals surface area contributed by atoms with E-state index in [0.717, 1.165) is 33.8 Å². The van der Waals surface area contributed by atoms with Crippen molar-refractivity contribution in [1.82, 2.24) is 0 Å². The monoisotopic (exact) mass is 488 g/mol. The molecule has 5 rings (SSSR count). The summed E-state index contributed by atoms with van der Waals surface area (Å²) in [6.07, 6.45) is 1.19. The summed E-state index contributed by atoms with van der Waals surface area (Å²) in [5.74, 6) is 1.56. The van der Waals surface area contributed by atoms with Crippen LogP contribution in [0.1, 0.15) is 49.8 Å². The van der Waals surface area contributed by atoms with E-state index in [2.05, 4.69) is 10.6 Å². The molecule has 180 valence electrons. The van der Waals surface area contributed by atoms with Crippen molar-refractivity contribution in [3.05, 3.63) is 94.1 Å². The topological polar surface area (TPSA) is 59.6 Å². The molecule has 0 amide bonds. The van der Waals surface area contributed by atoms with Crippen LogP contribution in [-0.2, 0) is 4.79 Å². The first-order valence-electron chi connectivity index (χ1n) is 11.9. The minimum Gasteiger partial charge on any atom is -0.493 e. The highest BCUT2D eigenvalue weighted by atomic mass is 35.5. The predicted molar refractivity (Wildman–Crippen MR) is 141 cm³/mol. The van der Waals surface area contributed by atoms with Gasteiger partial charge in [-0.3, -0.25) is 4.79 Å². The van der Waals surface area contributed by atoms with Gasteiger partial charge in [0.15, 0.2) is 17.3 Å². The van der Waals surface area contributed by atoms with Crippen molar-refractivity contribution in [2.75, 3.05) is 17.7 Å². The molecule has 0 saturated carbocycles. The van der Waals surface area contributed by atoms with Crippen LogP contribution in [0, 0.1) is 0 Å². The predicted octanol–water partition coefficient (Wildman–Crippen LogP) is 7.12. The highest BCUT2D eigenvalue weighted by Gasteiger charge is 2.36. The number of nitrogens with one attached hydrogen (secondary N) is 2. The van der Waals surface area contributed by atoms with E-state index in [1.54, 1.807) is 7.11 Å². The number of ether oxygens (including phenoxy) is 2. The molecule has 6 heteroatoms. The fourth-order valence-corrected chi connectivity index (χ4v) is 5.05. The van der Waals surface area contributed by atoms with Gasteiger partial charge in [-0.2, -0.15) is 0 Å². The first-order valence-corrected chi connectivity index (χ1v) is 12.3. The van der Waals surface area contributed by atoms with Crippen LogP contribution >= 0.6 is 11.6 Å². The Morgan fingerprint density at radius 1 is 0.914 bits per heavy atom. The lowest BCUT2D eigenvalue weighted by molar-refractivity contribution is -0.116. The summed E-state index contributed by atoms with van der Waals surface area (Å²) in [5, 5.41) is 7.86. The van der Waals surface area contributed by atoms with Crippen molar-refractivity contribution in [1.29, 1.82) is 0 Å². The zero-order chi connectivity index (χ0) is 24.5. The van der Waals surface area contributed by atoms with Crippen molar-refractivity contribution < 1.29 is 14.3 Å². The zero-order valence-corrected chi connectivity index (χ0v) is 20.9. The van der Waals surface area contributed by atoms with Crippen LogP contribution in [0.2, 0.25) is 5.02 Å². The summed E-state index contributed by atoms with van der Waals surface area (Å²) in [4.78, 5) is 13.7. The maximum absolute atomic E-state index is 13.7. The van der Waals surface area contributed by atoms with Gasteiger partial charge < -0.3 is 20.1 Å². The third-order valence-electron chi connectivity index (χ3n) is 6.53. The van der Waals surface area contributed by atoms with Crippen LogP contribution in [0.15, 0.2) is 78.0 Å². The maximum atomic E-state index is 13.7. The number of ketones is 1. The van der Waals surface area contributed by atoms with E-state index in [-0.39, 0.29) is 23.8 Å². The Labute approximate surface area is 211 Å². The molecule has 1 aliphatic carbocycles. The number of hydrogen-bond donors (Lipinski definition) is 2. The quantitative estimate of drug-likeness (QED) is 0.400. The normalized spacial score (nSPS) is 19.3. The molecular weight excluding hydrogens is 460 g/mol. The van der Waals surface area contributed by atoms with Crippen molar-refractivity contribution >= 4 is 28.8 Å². The molecule has 0 saturated heterocycles. The highest BCUT2D eigenvalue weighted by Crippen LogP contribution is 2.45. The first kappa shape index (κ1) is 23.3. The van der Waals surface area contributed by atoms with E-state index in [4.69, 9.17) is 21.1 Å². The van der Waals surface area contributed by atoms with Gasteiger partial charge in [0.2, 0.25) is 0 Å². The standard InChI is InChI=1S/C29H29ClN2O3/c1-17(2)35-26-13-10-19(16-27(26)34-3)20-14-24-28(25(33)15-20)29(18-8-11-21(30)12-9-18)32-23-7-5-4-6-22(23)31-24/h4-13,16-17,20,29,31-32H,14-15H2,1-3H3. The molecule has 2 unspecified atom stereocenters. The molecule has 35 heavy (non-hydrogen) atoms. The Kier molecular flexibility index (Phi) is 6.44. The van der Waals surface area contributed by atoms with Crippen molar-refractivity contribution in [3.63, 3.8) is 0 Å². The molecule has 0 radical (unpaired) electrons. The van der Waals surface area contributed by atoms with E-state index >= 15 is 0 Å². The van der Waals surface area contributed by atoms with Gasteiger partial charge in [-0.25, -0.2) is 0 Å². The highest BCUT2D eigenvalue weighted by molar-refractivity contribution is 6.30. The van der Waals surface area contributed by atoms with Crippen LogP contribution in [0.3, 0.4) is 0 Å². The average Bonchev–Trinajstić information content (AvgIpc) is 3.01. The zero-order valence-electron chi connectivity index (χ0n) is 20.1. The Bertz CT molecular complexity index is 1280. The summed E-state index contributed by atoms with van der Waals surface area (Å²) in [6.45, 7) is 3.98. The van der Waals surface area contributed by atoms with Gasteiger partial charge in [-0.05, 0) is 73.7 Å². The summed E-state index contributed by atoms with van der Waals surface area (Å²) in [6, 6.07) is 21.5. The summed E-state index contributed by atoms with van der Waals surface area (Å²) >= 11 is 6.15. The lowest BCUT2D eigenvalue weighted by Crippen LogP contribution is -2.26. The lowest BCUT2D eigenvalue weighted by atomic mass is 9.78. The van der Waals surface area contributed by atoms with Crippen molar-refractivity contribution in [2.24, 2.45) is 0 Å². The summed E-state index contributed by atoms with van der Waals surface area (Å²) in [7, 11) is 1.64. The summed E-state index contributed by atoms with van der Waals surface area (Å²) < 4.78 is 11.5. The molecule has 1 heterocycles. The molecule has 5 nitrogen and oxygen atoms in total. The fraction of sp³-hybridized carbons (Fsp3) is 0.276. The minimum absolute atomic E-state index is 0.0341. The largest absolute Gasteiger partial charge is 0.493 e. The third-order valence-corrected chi connectivity index (χ3v) is 6.79. The Morgan fingerprint density at radius 2 is 1.63 bits per heavy atom. The number of fused-ring (bicyclic) bond motifs is 1. The second kappa shape index (κ2) is 9.67. The molecule has 3 aromatic carbocycles. The van der Waals surface area contributed by atoms with Crippen molar-refractivity contribution in [2.45, 2.75) is 44.8 Å². The Morgan fingerprint density at radius 3 is 2.34 bits per heavy atom. The number of para-hydroxylation sites is 2. The van der Waals surface area contributed by atoms with E-state index < -0.39 is 0 Å². The van der Waals surface area contributed by atoms with E-state index in [9.17, 15) is 4.79 Å². The molecule has 0 spiro atoms. The van der Waals surface area contributed by atoms with Crippen LogP contribution in [0.5, 0.6) is 11.5 Å². The van der Waals surface area contributed by atoms with Crippen LogP contribution in [-0.4, -0.2) is 19.0 Å². The van der Waals surface area contributed by atoms with Gasteiger partial charge in [0, 0.05) is 22.7 Å². The average molecular weight is 489 g/mol. The number of halogens is 1. The number of Topliss-reactive ketones (excluding diaryl/α,β-unsaturated/α-hetero) is 1. The second-order valence-corrected chi connectivity index (χ2v) is 9.73. The fourth-order valence-electron chi connectivity index (χ4n) is 4.92. The first-order chi connectivity index (χ1) is 16.9. The number of hydrogen-bond acceptors (Lipinski definition) is 5. The maximum Gasteiger partial charge on any atom is 0.163 e. The van der Waals surface area contributed by atoms with E-state index in [1.807, 2.05) is 80.6 Å². The molecule has 2 atom stereocenters. The number of anilines is 2. The number of benzene rings is 3. The third kappa shape index (κ3) is 4.73. The van der Waals surface area contributed by atoms with Crippen LogP contribution in [0.4, 0.5) is 11.4 Å². The molecule has 1 aliphatic heterocycles. The lowest BCUT2D eigenvalue weighted by Gasteiger charge is -2.30. The Balaban J connectivity index is 1.54. The number of rotatable bonds is 5. The molecule has 2 N–H and O–H groups in total. The van der Waals surface area contributed by atoms with Gasteiger partial charge in [0.1, 0.15) is 0 Å². The number of allylic oxidation sites excluding steroid dienone is 1. The summed E-state index contributed by atoms with van der Waals surface area (Å²) in [5.41, 5.74) is 5.72. The molecule has 0 aromatic heterocycles. The Hall–Kier alpha value is -3.44. The number of carbonyl (C=O) groups excluding carboxylic acids is 1. The molecule has 2 aliphatic rings. The SMILES string of the molecule is COc1cc(C2CC(=O)C3=C(C2)Nc2ccccc2NC3c2ccc(Cl)cc2)ccc1OC(C)C. The van der Waals surface area contributed by atoms with Crippen LogP contribution in [0.25, 0.3) is 0 Å². The van der Waals surface area contributed by atoms with Gasteiger partial charge in [-0.1, -0.05) is 41.9 Å². The molecular formula is C29H29ClN2O3. The number of carbonyl (C=O) groups is 1. The van der Waals surface area contributed by atoms with Gasteiger partial charge in [0.05, 0.1) is 30.6 Å². The van der Waals surface area contributed by atoms with E-state index in [0.29, 0.717) is 29.4 Å². The van der Waals surface area contributed by atoms with Gasteiger partial charge in [0.25, 0.3) is 0 Å². The van der Waals surface area contributed by atoms with Crippen LogP contribution < -0.4 is 20.1 Å².